The van der Waals surface area contributed by atoms with Crippen LogP contribution in [0.25, 0.3) is 0 Å². The van der Waals surface area contributed by atoms with Crippen molar-refractivity contribution in [3.63, 3.8) is 0 Å². The SMILES string of the molecule is O=C(Nc1ccc(I)cc1)C1CCN(C(=O)C2CC2)CC1. The van der Waals surface area contributed by atoms with Gasteiger partial charge in [0.05, 0.1) is 0 Å². The van der Waals surface area contributed by atoms with Gasteiger partial charge in [-0.2, -0.15) is 0 Å². The molecule has 0 aromatic heterocycles. The molecule has 4 nitrogen and oxygen atoms in total. The third-order valence-corrected chi connectivity index (χ3v) is 4.93. The van der Waals surface area contributed by atoms with Gasteiger partial charge in [-0.25, -0.2) is 0 Å². The van der Waals surface area contributed by atoms with E-state index in [9.17, 15) is 9.59 Å². The molecule has 1 saturated heterocycles. The van der Waals surface area contributed by atoms with E-state index < -0.39 is 0 Å². The van der Waals surface area contributed by atoms with Crippen molar-refractivity contribution in [2.24, 2.45) is 11.8 Å². The maximum Gasteiger partial charge on any atom is 0.227 e. The summed E-state index contributed by atoms with van der Waals surface area (Å²) in [6.07, 6.45) is 3.64. The van der Waals surface area contributed by atoms with Crippen LogP contribution in [0.4, 0.5) is 5.69 Å². The van der Waals surface area contributed by atoms with Crippen molar-refractivity contribution in [1.82, 2.24) is 4.90 Å². The number of carbonyl (C=O) groups is 2. The lowest BCUT2D eigenvalue weighted by Gasteiger charge is -2.31. The van der Waals surface area contributed by atoms with Crippen LogP contribution in [0, 0.1) is 15.4 Å². The van der Waals surface area contributed by atoms with Crippen molar-refractivity contribution in [1.29, 1.82) is 0 Å². The first-order chi connectivity index (χ1) is 10.1. The number of benzene rings is 1. The molecule has 1 aromatic rings. The molecule has 0 bridgehead atoms. The molecule has 2 fully saturated rings. The van der Waals surface area contributed by atoms with Crippen LogP contribution >= 0.6 is 22.6 Å². The number of piperidine rings is 1. The average molecular weight is 398 g/mol. The summed E-state index contributed by atoms with van der Waals surface area (Å²) in [5, 5.41) is 2.97. The van der Waals surface area contributed by atoms with Crippen LogP contribution in [0.15, 0.2) is 24.3 Å². The van der Waals surface area contributed by atoms with E-state index in [2.05, 4.69) is 27.9 Å². The second-order valence-corrected chi connectivity index (χ2v) is 7.12. The number of amides is 2. The van der Waals surface area contributed by atoms with E-state index >= 15 is 0 Å². The number of halogens is 1. The fourth-order valence-electron chi connectivity index (χ4n) is 2.73. The van der Waals surface area contributed by atoms with Crippen LogP contribution < -0.4 is 5.32 Å². The van der Waals surface area contributed by atoms with Gasteiger partial charge in [-0.15, -0.1) is 0 Å². The molecular formula is C16H19IN2O2. The first kappa shape index (κ1) is 14.8. The topological polar surface area (TPSA) is 49.4 Å². The molecule has 0 spiro atoms. The molecule has 2 amide bonds. The zero-order chi connectivity index (χ0) is 14.8. The lowest BCUT2D eigenvalue weighted by Crippen LogP contribution is -2.42. The van der Waals surface area contributed by atoms with Gasteiger partial charge < -0.3 is 10.2 Å². The Morgan fingerprint density at radius 3 is 2.19 bits per heavy atom. The van der Waals surface area contributed by atoms with Gasteiger partial charge in [0.25, 0.3) is 0 Å². The number of anilines is 1. The molecule has 2 aliphatic rings. The van der Waals surface area contributed by atoms with Gasteiger partial charge in [0, 0.05) is 34.2 Å². The van der Waals surface area contributed by atoms with Crippen molar-refractivity contribution in [2.45, 2.75) is 25.7 Å². The molecule has 1 saturated carbocycles. The van der Waals surface area contributed by atoms with Crippen molar-refractivity contribution >= 4 is 40.1 Å². The molecule has 1 heterocycles. The van der Waals surface area contributed by atoms with Crippen LogP contribution in [-0.2, 0) is 9.59 Å². The smallest absolute Gasteiger partial charge is 0.227 e. The highest BCUT2D eigenvalue weighted by Gasteiger charge is 2.35. The van der Waals surface area contributed by atoms with Gasteiger partial charge in [-0.1, -0.05) is 0 Å². The zero-order valence-electron chi connectivity index (χ0n) is 11.8. The van der Waals surface area contributed by atoms with Crippen LogP contribution in [-0.4, -0.2) is 29.8 Å². The normalized spacial score (nSPS) is 19.4. The number of hydrogen-bond acceptors (Lipinski definition) is 2. The Bertz CT molecular complexity index is 532. The lowest BCUT2D eigenvalue weighted by atomic mass is 9.95. The van der Waals surface area contributed by atoms with Crippen molar-refractivity contribution in [2.75, 3.05) is 18.4 Å². The van der Waals surface area contributed by atoms with E-state index in [1.54, 1.807) is 0 Å². The average Bonchev–Trinajstić information content (AvgIpc) is 3.34. The Morgan fingerprint density at radius 2 is 1.62 bits per heavy atom. The summed E-state index contributed by atoms with van der Waals surface area (Å²) in [6.45, 7) is 1.44. The maximum atomic E-state index is 12.3. The van der Waals surface area contributed by atoms with Gasteiger partial charge in [-0.05, 0) is 72.5 Å². The summed E-state index contributed by atoms with van der Waals surface area (Å²) in [5.74, 6) is 0.677. The molecule has 1 aliphatic heterocycles. The van der Waals surface area contributed by atoms with E-state index in [-0.39, 0.29) is 17.7 Å². The standard InChI is InChI=1S/C16H19IN2O2/c17-13-3-5-14(6-4-13)18-15(20)11-7-9-19(10-8-11)16(21)12-1-2-12/h3-6,11-12H,1-2,7-10H2,(H,18,20). The molecule has 3 rings (SSSR count). The second-order valence-electron chi connectivity index (χ2n) is 5.87. The molecule has 21 heavy (non-hydrogen) atoms. The van der Waals surface area contributed by atoms with Gasteiger partial charge in [-0.3, -0.25) is 9.59 Å². The Labute approximate surface area is 138 Å². The van der Waals surface area contributed by atoms with E-state index in [0.717, 1.165) is 48.0 Å². The molecular weight excluding hydrogens is 379 g/mol. The third kappa shape index (κ3) is 3.75. The summed E-state index contributed by atoms with van der Waals surface area (Å²) >= 11 is 2.24. The molecule has 0 unspecified atom stereocenters. The molecule has 112 valence electrons. The fourth-order valence-corrected chi connectivity index (χ4v) is 3.09. The Kier molecular flexibility index (Phi) is 4.47. The summed E-state index contributed by atoms with van der Waals surface area (Å²) in [5.41, 5.74) is 0.844. The van der Waals surface area contributed by atoms with Crippen molar-refractivity contribution in [3.05, 3.63) is 27.8 Å². The minimum absolute atomic E-state index is 0.0209. The highest BCUT2D eigenvalue weighted by molar-refractivity contribution is 14.1. The Hall–Kier alpha value is -1.11. The number of nitrogens with zero attached hydrogens (tertiary/aromatic N) is 1. The highest BCUT2D eigenvalue weighted by Crippen LogP contribution is 2.32. The minimum atomic E-state index is 0.0209. The number of rotatable bonds is 3. The number of likely N-dealkylation sites (tertiary alicyclic amines) is 1. The van der Waals surface area contributed by atoms with Crippen molar-refractivity contribution < 1.29 is 9.59 Å². The molecule has 1 aromatic carbocycles. The second kappa shape index (κ2) is 6.34. The largest absolute Gasteiger partial charge is 0.342 e. The van der Waals surface area contributed by atoms with Gasteiger partial charge in [0.1, 0.15) is 0 Å². The predicted molar refractivity (Wildman–Crippen MR) is 89.8 cm³/mol. The molecule has 1 aliphatic carbocycles. The first-order valence-corrected chi connectivity index (χ1v) is 8.56. The molecule has 0 atom stereocenters. The van der Waals surface area contributed by atoms with Crippen LogP contribution in [0.2, 0.25) is 0 Å². The van der Waals surface area contributed by atoms with Crippen molar-refractivity contribution in [3.8, 4) is 0 Å². The quantitative estimate of drug-likeness (QED) is 0.797. The number of carbonyl (C=O) groups excluding carboxylic acids is 2. The first-order valence-electron chi connectivity index (χ1n) is 7.49. The minimum Gasteiger partial charge on any atom is -0.342 e. The van der Waals surface area contributed by atoms with Gasteiger partial charge in [0.15, 0.2) is 0 Å². The zero-order valence-corrected chi connectivity index (χ0v) is 14.0. The van der Waals surface area contributed by atoms with Gasteiger partial charge >= 0.3 is 0 Å². The summed E-state index contributed by atoms with van der Waals surface area (Å²) in [7, 11) is 0. The van der Waals surface area contributed by atoms with E-state index in [4.69, 9.17) is 0 Å². The van der Waals surface area contributed by atoms with E-state index in [0.29, 0.717) is 5.91 Å². The Morgan fingerprint density at radius 1 is 1.00 bits per heavy atom. The van der Waals surface area contributed by atoms with Crippen LogP contribution in [0.3, 0.4) is 0 Å². The Balaban J connectivity index is 1.50. The molecule has 1 N–H and O–H groups in total. The monoisotopic (exact) mass is 398 g/mol. The predicted octanol–water partition coefficient (Wildman–Crippen LogP) is 2.88. The summed E-state index contributed by atoms with van der Waals surface area (Å²) in [6, 6.07) is 7.80. The maximum absolute atomic E-state index is 12.3. The molecule has 0 radical (unpaired) electrons. The fraction of sp³-hybridized carbons (Fsp3) is 0.500. The number of hydrogen-bond donors (Lipinski definition) is 1. The van der Waals surface area contributed by atoms with Gasteiger partial charge in [0.2, 0.25) is 11.8 Å². The van der Waals surface area contributed by atoms with Crippen LogP contribution in [0.1, 0.15) is 25.7 Å². The third-order valence-electron chi connectivity index (χ3n) is 4.22. The van der Waals surface area contributed by atoms with E-state index in [1.165, 1.54) is 0 Å². The molecule has 5 heteroatoms. The van der Waals surface area contributed by atoms with Crippen LogP contribution in [0.5, 0.6) is 0 Å². The highest BCUT2D eigenvalue weighted by atomic mass is 127. The number of nitrogens with one attached hydrogen (secondary N) is 1. The van der Waals surface area contributed by atoms with E-state index in [1.807, 2.05) is 29.2 Å². The summed E-state index contributed by atoms with van der Waals surface area (Å²) < 4.78 is 1.15. The summed E-state index contributed by atoms with van der Waals surface area (Å²) in [4.78, 5) is 26.2. The lowest BCUT2D eigenvalue weighted by molar-refractivity contribution is -0.135.